The van der Waals surface area contributed by atoms with Crippen LogP contribution < -0.4 is 10.6 Å². The molecule has 1 aromatic carbocycles. The van der Waals surface area contributed by atoms with E-state index in [0.29, 0.717) is 5.56 Å². The minimum absolute atomic E-state index is 0.00489. The van der Waals surface area contributed by atoms with Gasteiger partial charge in [-0.2, -0.15) is 0 Å². The Labute approximate surface area is 81.5 Å². The van der Waals surface area contributed by atoms with Gasteiger partial charge in [-0.3, -0.25) is 10.1 Å². The molecule has 0 unspecified atom stereocenters. The highest BCUT2D eigenvalue weighted by molar-refractivity contribution is 5.94. The lowest BCUT2D eigenvalue weighted by atomic mass is 10.2. The van der Waals surface area contributed by atoms with Crippen molar-refractivity contribution in [1.82, 2.24) is 10.6 Å². The minimum Gasteiger partial charge on any atom is -0.339 e. The number of carbonyl (C=O) groups excluding carboxylic acids is 1. The lowest BCUT2D eigenvalue weighted by Crippen LogP contribution is -2.33. The first-order chi connectivity index (χ1) is 6.84. The van der Waals surface area contributed by atoms with Crippen molar-refractivity contribution in [1.29, 1.82) is 0 Å². The monoisotopic (exact) mass is 193 g/mol. The second-order valence-corrected chi connectivity index (χ2v) is 2.59. The summed E-state index contributed by atoms with van der Waals surface area (Å²) in [7, 11) is 0. The Kier molecular flexibility index (Phi) is 4.30. The number of nitroso groups, excluding NO2 is 1. The third-order valence-electron chi connectivity index (χ3n) is 1.59. The van der Waals surface area contributed by atoms with Crippen molar-refractivity contribution in [2.24, 2.45) is 5.18 Å². The summed E-state index contributed by atoms with van der Waals surface area (Å²) in [5.41, 5.74) is 0.591. The molecule has 0 aromatic heterocycles. The third kappa shape index (κ3) is 3.32. The zero-order valence-corrected chi connectivity index (χ0v) is 7.56. The second-order valence-electron chi connectivity index (χ2n) is 2.59. The largest absolute Gasteiger partial charge is 0.339 e. The van der Waals surface area contributed by atoms with E-state index < -0.39 is 0 Å². The van der Waals surface area contributed by atoms with Crippen LogP contribution in [0, 0.1) is 4.91 Å². The zero-order valence-electron chi connectivity index (χ0n) is 7.56. The number of amides is 1. The van der Waals surface area contributed by atoms with E-state index >= 15 is 0 Å². The maximum Gasteiger partial charge on any atom is 0.252 e. The van der Waals surface area contributed by atoms with Crippen LogP contribution in [0.4, 0.5) is 0 Å². The van der Waals surface area contributed by atoms with E-state index in [0.717, 1.165) is 0 Å². The van der Waals surface area contributed by atoms with Gasteiger partial charge in [0.2, 0.25) is 0 Å². The Morgan fingerprint density at radius 2 is 2.00 bits per heavy atom. The van der Waals surface area contributed by atoms with Crippen LogP contribution in [-0.4, -0.2) is 19.2 Å². The fraction of sp³-hybridized carbons (Fsp3) is 0.222. The molecule has 5 nitrogen and oxygen atoms in total. The second kappa shape index (κ2) is 5.82. The fourth-order valence-electron chi connectivity index (χ4n) is 0.936. The van der Waals surface area contributed by atoms with Crippen LogP contribution in [0.3, 0.4) is 0 Å². The molecule has 0 aliphatic carbocycles. The van der Waals surface area contributed by atoms with Gasteiger partial charge in [0.1, 0.15) is 6.67 Å². The summed E-state index contributed by atoms with van der Waals surface area (Å²) in [6, 6.07) is 8.84. The molecule has 0 fully saturated rings. The molecule has 74 valence electrons. The zero-order chi connectivity index (χ0) is 10.2. The van der Waals surface area contributed by atoms with Crippen LogP contribution in [0.15, 0.2) is 35.5 Å². The number of hydrogen-bond donors (Lipinski definition) is 2. The molecule has 0 aliphatic heterocycles. The number of hydrogen-bond acceptors (Lipinski definition) is 4. The molecule has 1 rings (SSSR count). The van der Waals surface area contributed by atoms with Crippen LogP contribution in [-0.2, 0) is 0 Å². The van der Waals surface area contributed by atoms with Crippen molar-refractivity contribution in [3.63, 3.8) is 0 Å². The highest BCUT2D eigenvalue weighted by Gasteiger charge is 2.01. The van der Waals surface area contributed by atoms with Gasteiger partial charge in [-0.05, 0) is 12.1 Å². The summed E-state index contributed by atoms with van der Waals surface area (Å²) in [5.74, 6) is -0.177. The lowest BCUT2D eigenvalue weighted by Gasteiger charge is -2.03. The summed E-state index contributed by atoms with van der Waals surface area (Å²) in [6.45, 7) is 0.231. The maximum absolute atomic E-state index is 11.3. The van der Waals surface area contributed by atoms with Gasteiger partial charge in [0, 0.05) is 5.56 Å². The molecule has 0 aliphatic rings. The van der Waals surface area contributed by atoms with Crippen LogP contribution in [0.2, 0.25) is 0 Å². The molecule has 0 atom stereocenters. The fourth-order valence-corrected chi connectivity index (χ4v) is 0.936. The SMILES string of the molecule is O=NCNCNC(=O)c1ccccc1. The Morgan fingerprint density at radius 3 is 2.64 bits per heavy atom. The van der Waals surface area contributed by atoms with E-state index in [1.807, 2.05) is 6.07 Å². The Morgan fingerprint density at radius 1 is 1.29 bits per heavy atom. The number of nitrogens with one attached hydrogen (secondary N) is 2. The van der Waals surface area contributed by atoms with Crippen molar-refractivity contribution < 1.29 is 4.79 Å². The quantitative estimate of drug-likeness (QED) is 0.410. The lowest BCUT2D eigenvalue weighted by molar-refractivity contribution is 0.0951. The molecule has 0 radical (unpaired) electrons. The molecule has 0 spiro atoms. The molecule has 5 heteroatoms. The summed E-state index contributed by atoms with van der Waals surface area (Å²) in [6.07, 6.45) is 0. The predicted molar refractivity (Wildman–Crippen MR) is 52.6 cm³/mol. The van der Waals surface area contributed by atoms with E-state index in [9.17, 15) is 9.70 Å². The van der Waals surface area contributed by atoms with Gasteiger partial charge in [-0.15, -0.1) is 4.91 Å². The van der Waals surface area contributed by atoms with Crippen LogP contribution in [0.25, 0.3) is 0 Å². The van der Waals surface area contributed by atoms with E-state index in [4.69, 9.17) is 0 Å². The van der Waals surface area contributed by atoms with Gasteiger partial charge in [-0.25, -0.2) is 0 Å². The highest BCUT2D eigenvalue weighted by atomic mass is 16.3. The third-order valence-corrected chi connectivity index (χ3v) is 1.59. The first kappa shape index (κ1) is 10.3. The number of rotatable bonds is 5. The van der Waals surface area contributed by atoms with Crippen molar-refractivity contribution in [2.45, 2.75) is 0 Å². The summed E-state index contributed by atoms with van der Waals surface area (Å²) in [4.78, 5) is 21.0. The van der Waals surface area contributed by atoms with Gasteiger partial charge in [0.05, 0.1) is 6.67 Å². The van der Waals surface area contributed by atoms with Gasteiger partial charge < -0.3 is 5.32 Å². The van der Waals surface area contributed by atoms with Gasteiger partial charge in [0.15, 0.2) is 0 Å². The van der Waals surface area contributed by atoms with Crippen LogP contribution >= 0.6 is 0 Å². The topological polar surface area (TPSA) is 70.6 Å². The molecule has 1 aromatic rings. The number of benzene rings is 1. The highest BCUT2D eigenvalue weighted by Crippen LogP contribution is 1.96. The normalized spacial score (nSPS) is 9.43. The van der Waals surface area contributed by atoms with Gasteiger partial charge in [-0.1, -0.05) is 23.4 Å². The molecule has 0 saturated carbocycles. The molecule has 0 saturated heterocycles. The summed E-state index contributed by atoms with van der Waals surface area (Å²) < 4.78 is 0. The Bertz CT molecular complexity index is 300. The number of nitrogens with zero attached hydrogens (tertiary/aromatic N) is 1. The van der Waals surface area contributed by atoms with E-state index in [1.54, 1.807) is 24.3 Å². The smallest absolute Gasteiger partial charge is 0.252 e. The molecule has 0 heterocycles. The molecular formula is C9H11N3O2. The van der Waals surface area contributed by atoms with Crippen molar-refractivity contribution in [2.75, 3.05) is 13.3 Å². The standard InChI is InChI=1S/C9H11N3O2/c13-9(11-6-10-7-12-14)8-4-2-1-3-5-8/h1-5,10H,6-7H2,(H,11,13). The molecule has 14 heavy (non-hydrogen) atoms. The maximum atomic E-state index is 11.3. The first-order valence-corrected chi connectivity index (χ1v) is 4.17. The molecule has 2 N–H and O–H groups in total. The predicted octanol–water partition coefficient (Wildman–Crippen LogP) is 0.687. The Hall–Kier alpha value is -1.75. The minimum atomic E-state index is -0.177. The van der Waals surface area contributed by atoms with Crippen LogP contribution in [0.5, 0.6) is 0 Å². The average molecular weight is 193 g/mol. The van der Waals surface area contributed by atoms with Crippen molar-refractivity contribution in [3.05, 3.63) is 40.8 Å². The van der Waals surface area contributed by atoms with Crippen molar-refractivity contribution >= 4 is 5.91 Å². The van der Waals surface area contributed by atoms with Crippen molar-refractivity contribution in [3.8, 4) is 0 Å². The van der Waals surface area contributed by atoms with Gasteiger partial charge >= 0.3 is 0 Å². The van der Waals surface area contributed by atoms with E-state index in [1.165, 1.54) is 0 Å². The average Bonchev–Trinajstić information content (AvgIpc) is 2.25. The number of carbonyl (C=O) groups is 1. The Balaban J connectivity index is 2.32. The first-order valence-electron chi connectivity index (χ1n) is 4.17. The van der Waals surface area contributed by atoms with Crippen LogP contribution in [0.1, 0.15) is 10.4 Å². The van der Waals surface area contributed by atoms with E-state index in [-0.39, 0.29) is 19.2 Å². The summed E-state index contributed by atoms with van der Waals surface area (Å²) in [5, 5.41) is 7.80. The molecule has 1 amide bonds. The molecular weight excluding hydrogens is 182 g/mol. The summed E-state index contributed by atoms with van der Waals surface area (Å²) >= 11 is 0. The van der Waals surface area contributed by atoms with Gasteiger partial charge in [0.25, 0.3) is 5.91 Å². The molecule has 0 bridgehead atoms. The van der Waals surface area contributed by atoms with E-state index in [2.05, 4.69) is 15.8 Å².